The van der Waals surface area contributed by atoms with Crippen LogP contribution in [0.2, 0.25) is 0 Å². The van der Waals surface area contributed by atoms with Gasteiger partial charge < -0.3 is 15.7 Å². The van der Waals surface area contributed by atoms with Gasteiger partial charge in [-0.2, -0.15) is 0 Å². The van der Waals surface area contributed by atoms with Crippen molar-refractivity contribution >= 4 is 108 Å². The highest BCUT2D eigenvalue weighted by Crippen LogP contribution is 2.35. The van der Waals surface area contributed by atoms with Crippen LogP contribution in [0.3, 0.4) is 0 Å². The normalized spacial score (nSPS) is 12.4. The largest absolute Gasteiger partial charge is 0.480 e. The molecular formula is C13H14I4N2O3. The summed E-state index contributed by atoms with van der Waals surface area (Å²) in [6.45, 7) is 5.12. The van der Waals surface area contributed by atoms with Gasteiger partial charge in [0.05, 0.1) is 18.4 Å². The SMILES string of the molecule is CC(C)N(C(=O)c1c(I)c(N)c(I)c(I)c1I)C(C)C(=O)O. The molecule has 1 aromatic carbocycles. The Kier molecular flexibility index (Phi) is 7.90. The number of halogens is 4. The van der Waals surface area contributed by atoms with E-state index in [2.05, 4.69) is 90.4 Å². The molecule has 1 rings (SSSR count). The molecule has 0 radical (unpaired) electrons. The number of nitrogen functional groups attached to an aromatic ring is 1. The van der Waals surface area contributed by atoms with E-state index in [4.69, 9.17) is 5.73 Å². The summed E-state index contributed by atoms with van der Waals surface area (Å²) >= 11 is 8.48. The maximum Gasteiger partial charge on any atom is 0.326 e. The molecule has 0 bridgehead atoms. The topological polar surface area (TPSA) is 83.6 Å². The molecule has 0 saturated heterocycles. The molecule has 0 spiro atoms. The Balaban J connectivity index is 3.53. The van der Waals surface area contributed by atoms with Crippen LogP contribution in [-0.4, -0.2) is 34.0 Å². The minimum atomic E-state index is -1.03. The third-order valence-corrected chi connectivity index (χ3v) is 9.54. The van der Waals surface area contributed by atoms with Crippen LogP contribution in [0, 0.1) is 14.3 Å². The van der Waals surface area contributed by atoms with E-state index >= 15 is 0 Å². The lowest BCUT2D eigenvalue weighted by molar-refractivity contribution is -0.142. The molecule has 1 aromatic rings. The first-order chi connectivity index (χ1) is 10.0. The molecule has 0 heterocycles. The lowest BCUT2D eigenvalue weighted by atomic mass is 10.1. The van der Waals surface area contributed by atoms with Crippen LogP contribution >= 0.6 is 90.4 Å². The highest BCUT2D eigenvalue weighted by Gasteiger charge is 2.32. The van der Waals surface area contributed by atoms with Gasteiger partial charge in [-0.25, -0.2) is 4.79 Å². The number of hydrogen-bond acceptors (Lipinski definition) is 3. The van der Waals surface area contributed by atoms with Gasteiger partial charge in [-0.15, -0.1) is 0 Å². The average Bonchev–Trinajstić information content (AvgIpc) is 2.42. The summed E-state index contributed by atoms with van der Waals surface area (Å²) in [7, 11) is 0. The molecule has 0 fully saturated rings. The zero-order valence-corrected chi connectivity index (χ0v) is 20.6. The van der Waals surface area contributed by atoms with Crippen molar-refractivity contribution in [2.45, 2.75) is 32.9 Å². The van der Waals surface area contributed by atoms with Crippen molar-refractivity contribution in [2.24, 2.45) is 0 Å². The van der Waals surface area contributed by atoms with E-state index in [-0.39, 0.29) is 11.9 Å². The number of nitrogens with zero attached hydrogens (tertiary/aromatic N) is 1. The van der Waals surface area contributed by atoms with Crippen molar-refractivity contribution in [3.8, 4) is 0 Å². The fourth-order valence-electron chi connectivity index (χ4n) is 1.95. The summed E-state index contributed by atoms with van der Waals surface area (Å²) in [6, 6.07) is -1.14. The molecule has 1 atom stereocenters. The second kappa shape index (κ2) is 8.31. The minimum Gasteiger partial charge on any atom is -0.480 e. The maximum absolute atomic E-state index is 13.0. The molecule has 122 valence electrons. The Morgan fingerprint density at radius 3 is 1.91 bits per heavy atom. The minimum absolute atomic E-state index is 0.233. The van der Waals surface area contributed by atoms with E-state index in [1.54, 1.807) is 13.8 Å². The summed E-state index contributed by atoms with van der Waals surface area (Å²) in [4.78, 5) is 25.7. The summed E-state index contributed by atoms with van der Waals surface area (Å²) in [5, 5.41) is 9.26. The van der Waals surface area contributed by atoms with E-state index in [0.717, 1.165) is 10.7 Å². The lowest BCUT2D eigenvalue weighted by Crippen LogP contribution is -2.47. The lowest BCUT2D eigenvalue weighted by Gasteiger charge is -2.31. The zero-order chi connectivity index (χ0) is 17.4. The highest BCUT2D eigenvalue weighted by atomic mass is 127. The van der Waals surface area contributed by atoms with Gasteiger partial charge in [0.15, 0.2) is 0 Å². The van der Waals surface area contributed by atoms with Gasteiger partial charge in [0, 0.05) is 13.2 Å². The van der Waals surface area contributed by atoms with Crippen molar-refractivity contribution in [3.63, 3.8) is 0 Å². The molecule has 9 heteroatoms. The second-order valence-electron chi connectivity index (χ2n) is 4.86. The van der Waals surface area contributed by atoms with Crippen LogP contribution in [0.4, 0.5) is 5.69 Å². The first-order valence-corrected chi connectivity index (χ1v) is 10.5. The van der Waals surface area contributed by atoms with Gasteiger partial charge in [0.1, 0.15) is 6.04 Å². The maximum atomic E-state index is 13.0. The molecule has 0 aliphatic carbocycles. The van der Waals surface area contributed by atoms with Gasteiger partial charge in [-0.05, 0) is 111 Å². The van der Waals surface area contributed by atoms with Gasteiger partial charge in [0.2, 0.25) is 0 Å². The Morgan fingerprint density at radius 2 is 1.50 bits per heavy atom. The second-order valence-corrected chi connectivity index (χ2v) is 9.18. The van der Waals surface area contributed by atoms with Crippen molar-refractivity contribution in [1.29, 1.82) is 0 Å². The van der Waals surface area contributed by atoms with E-state index in [1.165, 1.54) is 11.8 Å². The Labute approximate surface area is 183 Å². The van der Waals surface area contributed by atoms with E-state index in [1.807, 2.05) is 0 Å². The fourth-order valence-corrected chi connectivity index (χ4v) is 6.13. The molecule has 5 nitrogen and oxygen atoms in total. The number of hydrogen-bond donors (Lipinski definition) is 2. The Morgan fingerprint density at radius 1 is 1.00 bits per heavy atom. The number of nitrogens with two attached hydrogens (primary N) is 1. The number of carboxylic acids is 1. The van der Waals surface area contributed by atoms with Gasteiger partial charge in [-0.3, -0.25) is 4.79 Å². The standard InChI is InChI=1S/C13H14I4N2O3/c1-4(2)19(5(3)13(21)22)12(20)6-7(14)9(16)10(17)11(18)8(6)15/h4-5H,18H2,1-3H3,(H,21,22). The number of anilines is 1. The quantitative estimate of drug-likeness (QED) is 0.211. The van der Waals surface area contributed by atoms with Crippen molar-refractivity contribution < 1.29 is 14.7 Å². The molecular weight excluding hydrogens is 740 g/mol. The number of carbonyl (C=O) groups excluding carboxylic acids is 1. The first-order valence-electron chi connectivity index (χ1n) is 6.19. The van der Waals surface area contributed by atoms with Crippen LogP contribution in [0.15, 0.2) is 0 Å². The number of carbonyl (C=O) groups is 2. The molecule has 0 aromatic heterocycles. The van der Waals surface area contributed by atoms with Crippen LogP contribution in [-0.2, 0) is 4.79 Å². The summed E-state index contributed by atoms with van der Waals surface area (Å²) < 4.78 is 3.28. The summed E-state index contributed by atoms with van der Waals surface area (Å²) in [5.74, 6) is -1.33. The molecule has 1 unspecified atom stereocenters. The molecule has 0 saturated carbocycles. The van der Waals surface area contributed by atoms with Crippen molar-refractivity contribution in [2.75, 3.05) is 5.73 Å². The smallest absolute Gasteiger partial charge is 0.326 e. The fraction of sp³-hybridized carbons (Fsp3) is 0.385. The number of carboxylic acid groups (broad SMARTS) is 1. The van der Waals surface area contributed by atoms with Crippen LogP contribution in [0.5, 0.6) is 0 Å². The number of amides is 1. The highest BCUT2D eigenvalue weighted by molar-refractivity contribution is 14.1. The average molecular weight is 754 g/mol. The van der Waals surface area contributed by atoms with E-state index in [0.29, 0.717) is 14.8 Å². The monoisotopic (exact) mass is 754 g/mol. The van der Waals surface area contributed by atoms with Crippen LogP contribution in [0.25, 0.3) is 0 Å². The Bertz CT molecular complexity index is 605. The molecule has 3 N–H and O–H groups in total. The third kappa shape index (κ3) is 4.10. The zero-order valence-electron chi connectivity index (χ0n) is 12.0. The van der Waals surface area contributed by atoms with Crippen molar-refractivity contribution in [1.82, 2.24) is 4.90 Å². The number of rotatable bonds is 4. The molecule has 1 amide bonds. The third-order valence-electron chi connectivity index (χ3n) is 3.08. The van der Waals surface area contributed by atoms with Gasteiger partial charge in [-0.1, -0.05) is 0 Å². The summed E-state index contributed by atoms with van der Waals surface area (Å²) in [5.41, 5.74) is 7.13. The van der Waals surface area contributed by atoms with E-state index < -0.39 is 12.0 Å². The van der Waals surface area contributed by atoms with Crippen LogP contribution in [0.1, 0.15) is 31.1 Å². The summed E-state index contributed by atoms with van der Waals surface area (Å²) in [6.07, 6.45) is 0. The Hall–Kier alpha value is 0.880. The first kappa shape index (κ1) is 20.9. The van der Waals surface area contributed by atoms with Gasteiger partial charge >= 0.3 is 5.97 Å². The molecule has 0 aliphatic heterocycles. The van der Waals surface area contributed by atoms with Gasteiger partial charge in [0.25, 0.3) is 5.91 Å². The predicted octanol–water partition coefficient (Wildman–Crippen LogP) is 4.01. The van der Waals surface area contributed by atoms with Crippen molar-refractivity contribution in [3.05, 3.63) is 19.8 Å². The molecule has 22 heavy (non-hydrogen) atoms. The number of aliphatic carboxylic acids is 1. The van der Waals surface area contributed by atoms with Crippen LogP contribution < -0.4 is 5.73 Å². The number of benzene rings is 1. The van der Waals surface area contributed by atoms with E-state index in [9.17, 15) is 14.7 Å². The molecule has 0 aliphatic rings. The predicted molar refractivity (Wildman–Crippen MR) is 120 cm³/mol.